The third-order valence-electron chi connectivity index (χ3n) is 4.28. The molecule has 1 spiro atoms. The van der Waals surface area contributed by atoms with E-state index < -0.39 is 0 Å². The fraction of sp³-hybridized carbons (Fsp3) is 0.600. The van der Waals surface area contributed by atoms with Crippen LogP contribution in [0.15, 0.2) is 18.2 Å². The minimum absolute atomic E-state index is 0.0107. The second-order valence-corrected chi connectivity index (χ2v) is 5.57. The van der Waals surface area contributed by atoms with Crippen LogP contribution in [0.25, 0.3) is 0 Å². The Bertz CT molecular complexity index is 463. The summed E-state index contributed by atoms with van der Waals surface area (Å²) in [7, 11) is 1.70. The van der Waals surface area contributed by atoms with E-state index in [9.17, 15) is 0 Å². The van der Waals surface area contributed by atoms with Gasteiger partial charge in [0.1, 0.15) is 17.1 Å². The lowest BCUT2D eigenvalue weighted by Crippen LogP contribution is -2.42. The molecule has 1 aromatic carbocycles. The van der Waals surface area contributed by atoms with Crippen molar-refractivity contribution in [1.82, 2.24) is 4.90 Å². The van der Waals surface area contributed by atoms with Crippen molar-refractivity contribution in [1.29, 1.82) is 0 Å². The summed E-state index contributed by atoms with van der Waals surface area (Å²) < 4.78 is 11.6. The summed E-state index contributed by atoms with van der Waals surface area (Å²) in [4.78, 5) is 2.41. The van der Waals surface area contributed by atoms with Crippen molar-refractivity contribution in [2.24, 2.45) is 5.73 Å². The Morgan fingerprint density at radius 1 is 1.42 bits per heavy atom. The first-order valence-electron chi connectivity index (χ1n) is 7.03. The number of rotatable bonds is 3. The Labute approximate surface area is 114 Å². The lowest BCUT2D eigenvalue weighted by molar-refractivity contribution is 0.0547. The summed E-state index contributed by atoms with van der Waals surface area (Å²) in [6.07, 6.45) is 3.27. The SMILES string of the molecule is COc1ccc2c(c1)CCC1(CCN(CCN)C1)O2. The maximum atomic E-state index is 6.32. The number of methoxy groups -OCH3 is 1. The van der Waals surface area contributed by atoms with Crippen LogP contribution in [0.1, 0.15) is 18.4 Å². The molecule has 0 radical (unpaired) electrons. The molecule has 1 saturated heterocycles. The molecule has 19 heavy (non-hydrogen) atoms. The summed E-state index contributed by atoms with van der Waals surface area (Å²) in [6, 6.07) is 6.11. The van der Waals surface area contributed by atoms with Crippen molar-refractivity contribution in [2.75, 3.05) is 33.3 Å². The van der Waals surface area contributed by atoms with Gasteiger partial charge in [0.25, 0.3) is 0 Å². The highest BCUT2D eigenvalue weighted by Gasteiger charge is 2.42. The zero-order valence-corrected chi connectivity index (χ0v) is 11.5. The van der Waals surface area contributed by atoms with Crippen LogP contribution in [-0.2, 0) is 6.42 Å². The van der Waals surface area contributed by atoms with E-state index >= 15 is 0 Å². The summed E-state index contributed by atoms with van der Waals surface area (Å²) >= 11 is 0. The summed E-state index contributed by atoms with van der Waals surface area (Å²) in [5.41, 5.74) is 6.92. The van der Waals surface area contributed by atoms with Gasteiger partial charge >= 0.3 is 0 Å². The summed E-state index contributed by atoms with van der Waals surface area (Å²) in [5, 5.41) is 0. The van der Waals surface area contributed by atoms with Crippen LogP contribution in [0.3, 0.4) is 0 Å². The number of ether oxygens (including phenoxy) is 2. The molecule has 0 bridgehead atoms. The topological polar surface area (TPSA) is 47.7 Å². The fourth-order valence-corrected chi connectivity index (χ4v) is 3.21. The van der Waals surface area contributed by atoms with E-state index in [0.717, 1.165) is 56.9 Å². The maximum Gasteiger partial charge on any atom is 0.123 e. The monoisotopic (exact) mass is 262 g/mol. The highest BCUT2D eigenvalue weighted by atomic mass is 16.5. The molecule has 104 valence electrons. The van der Waals surface area contributed by atoms with Gasteiger partial charge in [0.05, 0.1) is 7.11 Å². The van der Waals surface area contributed by atoms with Gasteiger partial charge in [0.15, 0.2) is 0 Å². The molecule has 2 aliphatic rings. The standard InChI is InChI=1S/C15H22N2O2/c1-18-13-2-3-14-12(10-13)4-5-15(19-14)6-8-17(11-15)9-7-16/h2-3,10H,4-9,11,16H2,1H3. The summed E-state index contributed by atoms with van der Waals surface area (Å²) in [6.45, 7) is 3.81. The number of hydrogen-bond acceptors (Lipinski definition) is 4. The van der Waals surface area contributed by atoms with Gasteiger partial charge in [-0.1, -0.05) is 0 Å². The van der Waals surface area contributed by atoms with Crippen LogP contribution in [0.2, 0.25) is 0 Å². The molecule has 3 rings (SSSR count). The molecule has 2 N–H and O–H groups in total. The lowest BCUT2D eigenvalue weighted by atomic mass is 9.90. The molecule has 1 aromatic rings. The van der Waals surface area contributed by atoms with E-state index in [1.165, 1.54) is 5.56 Å². The van der Waals surface area contributed by atoms with Gasteiger partial charge in [-0.25, -0.2) is 0 Å². The molecule has 0 aromatic heterocycles. The first-order chi connectivity index (χ1) is 9.24. The van der Waals surface area contributed by atoms with E-state index in [1.54, 1.807) is 7.11 Å². The van der Waals surface area contributed by atoms with Crippen LogP contribution in [0, 0.1) is 0 Å². The van der Waals surface area contributed by atoms with Crippen LogP contribution in [0.4, 0.5) is 0 Å². The number of aryl methyl sites for hydroxylation is 1. The van der Waals surface area contributed by atoms with E-state index in [2.05, 4.69) is 11.0 Å². The minimum atomic E-state index is 0.0107. The van der Waals surface area contributed by atoms with Crippen LogP contribution < -0.4 is 15.2 Å². The third kappa shape index (κ3) is 2.42. The third-order valence-corrected chi connectivity index (χ3v) is 4.28. The second-order valence-electron chi connectivity index (χ2n) is 5.57. The Kier molecular flexibility index (Phi) is 3.37. The normalized spacial score (nSPS) is 26.2. The quantitative estimate of drug-likeness (QED) is 0.895. The zero-order valence-electron chi connectivity index (χ0n) is 11.5. The lowest BCUT2D eigenvalue weighted by Gasteiger charge is -2.36. The number of nitrogens with zero attached hydrogens (tertiary/aromatic N) is 1. The average Bonchev–Trinajstić information content (AvgIpc) is 2.81. The molecule has 4 heteroatoms. The van der Waals surface area contributed by atoms with Crippen LogP contribution >= 0.6 is 0 Å². The highest BCUT2D eigenvalue weighted by Crippen LogP contribution is 2.39. The van der Waals surface area contributed by atoms with Crippen molar-refractivity contribution in [3.8, 4) is 11.5 Å². The number of likely N-dealkylation sites (tertiary alicyclic amines) is 1. The highest BCUT2D eigenvalue weighted by molar-refractivity contribution is 5.42. The van der Waals surface area contributed by atoms with Gasteiger partial charge < -0.3 is 15.2 Å². The predicted octanol–water partition coefficient (Wildman–Crippen LogP) is 1.42. The largest absolute Gasteiger partial charge is 0.497 e. The second kappa shape index (κ2) is 5.02. The van der Waals surface area contributed by atoms with Crippen molar-refractivity contribution in [2.45, 2.75) is 24.9 Å². The van der Waals surface area contributed by atoms with E-state index in [0.29, 0.717) is 0 Å². The number of benzene rings is 1. The Morgan fingerprint density at radius 3 is 3.11 bits per heavy atom. The molecular formula is C15H22N2O2. The van der Waals surface area contributed by atoms with Gasteiger partial charge in [-0.2, -0.15) is 0 Å². The molecule has 4 nitrogen and oxygen atoms in total. The average molecular weight is 262 g/mol. The predicted molar refractivity (Wildman–Crippen MR) is 74.8 cm³/mol. The van der Waals surface area contributed by atoms with Crippen LogP contribution in [-0.4, -0.2) is 43.8 Å². The fourth-order valence-electron chi connectivity index (χ4n) is 3.21. The molecule has 1 fully saturated rings. The van der Waals surface area contributed by atoms with Crippen LogP contribution in [0.5, 0.6) is 11.5 Å². The van der Waals surface area contributed by atoms with Gasteiger partial charge in [0, 0.05) is 32.6 Å². The van der Waals surface area contributed by atoms with Crippen molar-refractivity contribution >= 4 is 0 Å². The van der Waals surface area contributed by atoms with Gasteiger partial charge in [0.2, 0.25) is 0 Å². The van der Waals surface area contributed by atoms with Crippen molar-refractivity contribution < 1.29 is 9.47 Å². The minimum Gasteiger partial charge on any atom is -0.497 e. The molecular weight excluding hydrogens is 240 g/mol. The molecule has 1 unspecified atom stereocenters. The Morgan fingerprint density at radius 2 is 2.32 bits per heavy atom. The van der Waals surface area contributed by atoms with Gasteiger partial charge in [-0.05, 0) is 36.6 Å². The number of hydrogen-bond donors (Lipinski definition) is 1. The summed E-state index contributed by atoms with van der Waals surface area (Å²) in [5.74, 6) is 1.94. The van der Waals surface area contributed by atoms with Crippen molar-refractivity contribution in [3.63, 3.8) is 0 Å². The first kappa shape index (κ1) is 12.8. The molecule has 2 heterocycles. The van der Waals surface area contributed by atoms with E-state index in [4.69, 9.17) is 15.2 Å². The Balaban J connectivity index is 1.75. The van der Waals surface area contributed by atoms with Gasteiger partial charge in [-0.15, -0.1) is 0 Å². The molecule has 2 aliphatic heterocycles. The molecule has 1 atom stereocenters. The smallest absolute Gasteiger partial charge is 0.123 e. The number of nitrogens with two attached hydrogens (primary N) is 1. The van der Waals surface area contributed by atoms with E-state index in [-0.39, 0.29) is 5.60 Å². The molecule has 0 saturated carbocycles. The van der Waals surface area contributed by atoms with E-state index in [1.807, 2.05) is 12.1 Å². The van der Waals surface area contributed by atoms with Crippen molar-refractivity contribution in [3.05, 3.63) is 23.8 Å². The van der Waals surface area contributed by atoms with Gasteiger partial charge in [-0.3, -0.25) is 4.90 Å². The Hall–Kier alpha value is -1.26. The number of fused-ring (bicyclic) bond motifs is 1. The zero-order chi connectivity index (χ0) is 13.3. The molecule has 0 aliphatic carbocycles. The first-order valence-corrected chi connectivity index (χ1v) is 7.03. The molecule has 0 amide bonds. The maximum absolute atomic E-state index is 6.32.